The summed E-state index contributed by atoms with van der Waals surface area (Å²) >= 11 is 0. The molecule has 34 heavy (non-hydrogen) atoms. The summed E-state index contributed by atoms with van der Waals surface area (Å²) in [5, 5.41) is 0. The van der Waals surface area contributed by atoms with Crippen LogP contribution in [0.3, 0.4) is 0 Å². The van der Waals surface area contributed by atoms with Crippen LogP contribution in [0.2, 0.25) is 0 Å². The van der Waals surface area contributed by atoms with Crippen LogP contribution in [-0.2, 0) is 21.4 Å². The van der Waals surface area contributed by atoms with E-state index in [2.05, 4.69) is 11.6 Å². The minimum absolute atomic E-state index is 0.0877. The molecular formula is C25H32N2O6S. The molecule has 4 atom stereocenters. The van der Waals surface area contributed by atoms with Crippen molar-refractivity contribution in [3.8, 4) is 17.2 Å². The molecule has 2 aromatic rings. The van der Waals surface area contributed by atoms with Crippen LogP contribution in [0, 0.1) is 17.8 Å². The zero-order valence-electron chi connectivity index (χ0n) is 20.0. The molecule has 8 nitrogen and oxygen atoms in total. The molecular weight excluding hydrogens is 456 g/mol. The van der Waals surface area contributed by atoms with Crippen LogP contribution in [-0.4, -0.2) is 53.1 Å². The van der Waals surface area contributed by atoms with Gasteiger partial charge in [0.25, 0.3) is 0 Å². The number of hydrogen-bond donors (Lipinski definition) is 1. The van der Waals surface area contributed by atoms with Crippen LogP contribution in [0.25, 0.3) is 0 Å². The van der Waals surface area contributed by atoms with E-state index in [0.29, 0.717) is 42.7 Å². The number of benzene rings is 2. The lowest BCUT2D eigenvalue weighted by molar-refractivity contribution is -0.129. The van der Waals surface area contributed by atoms with E-state index in [9.17, 15) is 13.2 Å². The SMILES string of the molecule is COc1ccc(S(=O)(=O)NC[C@H]2[C@@H]3CC(=O)N(Cc4ccc(OC)cc4OC)[C@@H]3C[C@@H]2C)cc1. The van der Waals surface area contributed by atoms with Crippen LogP contribution >= 0.6 is 0 Å². The summed E-state index contributed by atoms with van der Waals surface area (Å²) < 4.78 is 44.3. The molecule has 1 saturated carbocycles. The highest BCUT2D eigenvalue weighted by molar-refractivity contribution is 7.89. The molecule has 1 aliphatic carbocycles. The largest absolute Gasteiger partial charge is 0.497 e. The number of amides is 1. The molecule has 1 aliphatic heterocycles. The van der Waals surface area contributed by atoms with Crippen LogP contribution in [0.15, 0.2) is 47.4 Å². The van der Waals surface area contributed by atoms with Gasteiger partial charge in [-0.15, -0.1) is 0 Å². The van der Waals surface area contributed by atoms with Crippen LogP contribution < -0.4 is 18.9 Å². The maximum absolute atomic E-state index is 13.0. The van der Waals surface area contributed by atoms with Crippen molar-refractivity contribution >= 4 is 15.9 Å². The monoisotopic (exact) mass is 488 g/mol. The Morgan fingerprint density at radius 2 is 1.68 bits per heavy atom. The third kappa shape index (κ3) is 4.72. The van der Waals surface area contributed by atoms with Crippen molar-refractivity contribution in [2.45, 2.75) is 37.2 Å². The first-order chi connectivity index (χ1) is 16.3. The van der Waals surface area contributed by atoms with Gasteiger partial charge in [-0.3, -0.25) is 4.79 Å². The van der Waals surface area contributed by atoms with Gasteiger partial charge in [-0.05, 0) is 60.6 Å². The number of ether oxygens (including phenoxy) is 3. The average molecular weight is 489 g/mol. The number of likely N-dealkylation sites (tertiary alicyclic amines) is 1. The van der Waals surface area contributed by atoms with E-state index in [4.69, 9.17) is 14.2 Å². The maximum Gasteiger partial charge on any atom is 0.240 e. The van der Waals surface area contributed by atoms with E-state index in [1.165, 1.54) is 19.2 Å². The third-order valence-corrected chi connectivity index (χ3v) is 8.67. The molecule has 0 unspecified atom stereocenters. The van der Waals surface area contributed by atoms with Gasteiger partial charge in [0.15, 0.2) is 0 Å². The van der Waals surface area contributed by atoms with Gasteiger partial charge in [-0.25, -0.2) is 13.1 Å². The van der Waals surface area contributed by atoms with Gasteiger partial charge in [0, 0.05) is 37.2 Å². The number of nitrogens with zero attached hydrogens (tertiary/aromatic N) is 1. The smallest absolute Gasteiger partial charge is 0.240 e. The summed E-state index contributed by atoms with van der Waals surface area (Å²) in [6.45, 7) is 2.91. The van der Waals surface area contributed by atoms with Crippen LogP contribution in [0.4, 0.5) is 0 Å². The second kappa shape index (κ2) is 9.84. The van der Waals surface area contributed by atoms with Gasteiger partial charge in [-0.2, -0.15) is 0 Å². The van der Waals surface area contributed by atoms with Crippen molar-refractivity contribution < 1.29 is 27.4 Å². The summed E-state index contributed by atoms with van der Waals surface area (Å²) in [5.41, 5.74) is 0.925. The van der Waals surface area contributed by atoms with Crippen molar-refractivity contribution in [2.24, 2.45) is 17.8 Å². The molecule has 4 rings (SSSR count). The minimum atomic E-state index is -3.65. The first-order valence-electron chi connectivity index (χ1n) is 11.4. The zero-order chi connectivity index (χ0) is 24.5. The molecule has 0 spiro atoms. The van der Waals surface area contributed by atoms with Gasteiger partial charge >= 0.3 is 0 Å². The number of methoxy groups -OCH3 is 3. The van der Waals surface area contributed by atoms with Crippen molar-refractivity contribution in [1.29, 1.82) is 0 Å². The summed E-state index contributed by atoms with van der Waals surface area (Å²) in [6, 6.07) is 12.0. The quantitative estimate of drug-likeness (QED) is 0.583. The zero-order valence-corrected chi connectivity index (χ0v) is 20.8. The predicted molar refractivity (Wildman–Crippen MR) is 127 cm³/mol. The van der Waals surface area contributed by atoms with Crippen molar-refractivity contribution in [2.75, 3.05) is 27.9 Å². The maximum atomic E-state index is 13.0. The Morgan fingerprint density at radius 1 is 1.00 bits per heavy atom. The number of hydrogen-bond acceptors (Lipinski definition) is 6. The van der Waals surface area contributed by atoms with Crippen LogP contribution in [0.5, 0.6) is 17.2 Å². The lowest BCUT2D eigenvalue weighted by Gasteiger charge is -2.25. The van der Waals surface area contributed by atoms with E-state index in [-0.39, 0.29) is 28.7 Å². The molecule has 184 valence electrons. The molecule has 1 heterocycles. The fourth-order valence-electron chi connectivity index (χ4n) is 5.36. The first kappa shape index (κ1) is 24.3. The van der Waals surface area contributed by atoms with Gasteiger partial charge in [0.05, 0.1) is 26.2 Å². The standard InChI is InChI=1S/C25H32N2O6S/c1-16-11-23-21(22(16)14-26-34(29,30)20-9-7-18(31-2)8-10-20)13-25(28)27(23)15-17-5-6-19(32-3)12-24(17)33-4/h5-10,12,16,21-23,26H,11,13-15H2,1-4H3/t16-,21-,22+,23+/m0/s1. The Hall–Kier alpha value is -2.78. The number of carbonyl (C=O) groups excluding carboxylic acids is 1. The average Bonchev–Trinajstić information content (AvgIpc) is 3.30. The first-order valence-corrected chi connectivity index (χ1v) is 12.9. The molecule has 2 fully saturated rings. The van der Waals surface area contributed by atoms with Gasteiger partial charge in [0.1, 0.15) is 17.2 Å². The van der Waals surface area contributed by atoms with Gasteiger partial charge in [-0.1, -0.05) is 6.92 Å². The number of sulfonamides is 1. The lowest BCUT2D eigenvalue weighted by Crippen LogP contribution is -2.34. The highest BCUT2D eigenvalue weighted by Gasteiger charge is 2.50. The Balaban J connectivity index is 1.45. The fourth-order valence-corrected chi connectivity index (χ4v) is 6.43. The summed E-state index contributed by atoms with van der Waals surface area (Å²) in [7, 11) is 1.10. The highest BCUT2D eigenvalue weighted by Crippen LogP contribution is 2.46. The fraction of sp³-hybridized carbons (Fsp3) is 0.480. The second-order valence-corrected chi connectivity index (χ2v) is 10.8. The Bertz CT molecular complexity index is 1130. The molecule has 1 saturated heterocycles. The Kier molecular flexibility index (Phi) is 7.04. The number of nitrogens with one attached hydrogen (secondary N) is 1. The van der Waals surface area contributed by atoms with E-state index < -0.39 is 10.0 Å². The predicted octanol–water partition coefficient (Wildman–Crippen LogP) is 3.06. The van der Waals surface area contributed by atoms with E-state index in [1.807, 2.05) is 23.1 Å². The summed E-state index contributed by atoms with van der Waals surface area (Å²) in [5.74, 6) is 2.58. The Labute approximate surface area is 201 Å². The molecule has 2 aliphatic rings. The molecule has 0 radical (unpaired) electrons. The molecule has 1 N–H and O–H groups in total. The molecule has 2 aromatic carbocycles. The molecule has 0 aromatic heterocycles. The Morgan fingerprint density at radius 3 is 2.32 bits per heavy atom. The summed E-state index contributed by atoms with van der Waals surface area (Å²) in [4.78, 5) is 15.1. The van der Waals surface area contributed by atoms with Gasteiger partial charge < -0.3 is 19.1 Å². The van der Waals surface area contributed by atoms with E-state index >= 15 is 0 Å². The van der Waals surface area contributed by atoms with E-state index in [0.717, 1.165) is 12.0 Å². The van der Waals surface area contributed by atoms with Crippen molar-refractivity contribution in [1.82, 2.24) is 9.62 Å². The van der Waals surface area contributed by atoms with E-state index in [1.54, 1.807) is 26.4 Å². The number of rotatable bonds is 9. The topological polar surface area (TPSA) is 94.2 Å². The minimum Gasteiger partial charge on any atom is -0.497 e. The van der Waals surface area contributed by atoms with Crippen molar-refractivity contribution in [3.63, 3.8) is 0 Å². The number of carbonyl (C=O) groups is 1. The number of fused-ring (bicyclic) bond motifs is 1. The molecule has 1 amide bonds. The normalized spacial score (nSPS) is 24.2. The van der Waals surface area contributed by atoms with Crippen molar-refractivity contribution in [3.05, 3.63) is 48.0 Å². The summed E-state index contributed by atoms with van der Waals surface area (Å²) in [6.07, 6.45) is 1.28. The third-order valence-electron chi connectivity index (χ3n) is 7.23. The highest BCUT2D eigenvalue weighted by atomic mass is 32.2. The molecule has 9 heteroatoms. The van der Waals surface area contributed by atoms with Crippen LogP contribution in [0.1, 0.15) is 25.3 Å². The second-order valence-electron chi connectivity index (χ2n) is 9.04. The van der Waals surface area contributed by atoms with Gasteiger partial charge in [0.2, 0.25) is 15.9 Å². The lowest BCUT2D eigenvalue weighted by atomic mass is 9.89. The molecule has 0 bridgehead atoms.